The van der Waals surface area contributed by atoms with Gasteiger partial charge in [-0.1, -0.05) is 81.4 Å². The fourth-order valence-corrected chi connectivity index (χ4v) is 4.38. The summed E-state index contributed by atoms with van der Waals surface area (Å²) in [4.78, 5) is 17.8. The van der Waals surface area contributed by atoms with Crippen LogP contribution in [0, 0.1) is 0 Å². The molecule has 0 radical (unpaired) electrons. The van der Waals surface area contributed by atoms with Crippen LogP contribution in [0.3, 0.4) is 0 Å². The van der Waals surface area contributed by atoms with E-state index in [2.05, 4.69) is 73.5 Å². The molecular formula is C28H35N3O. The maximum Gasteiger partial charge on any atom is 0.322 e. The molecule has 0 atom stereocenters. The van der Waals surface area contributed by atoms with E-state index in [-0.39, 0.29) is 11.4 Å². The molecule has 1 heterocycles. The maximum absolute atomic E-state index is 13.4. The van der Waals surface area contributed by atoms with Crippen molar-refractivity contribution < 1.29 is 4.79 Å². The predicted octanol–water partition coefficient (Wildman–Crippen LogP) is 6.27. The summed E-state index contributed by atoms with van der Waals surface area (Å²) < 4.78 is 0. The lowest BCUT2D eigenvalue weighted by Crippen LogP contribution is -2.40. The van der Waals surface area contributed by atoms with Crippen LogP contribution in [0.5, 0.6) is 0 Å². The summed E-state index contributed by atoms with van der Waals surface area (Å²) >= 11 is 0. The number of nitrogens with one attached hydrogen (secondary N) is 1. The van der Waals surface area contributed by atoms with Crippen molar-refractivity contribution in [2.75, 3.05) is 31.5 Å². The molecule has 168 valence electrons. The Balaban J connectivity index is 1.51. The van der Waals surface area contributed by atoms with Gasteiger partial charge in [0.25, 0.3) is 0 Å². The zero-order valence-corrected chi connectivity index (χ0v) is 19.6. The highest BCUT2D eigenvalue weighted by atomic mass is 16.2. The van der Waals surface area contributed by atoms with E-state index in [9.17, 15) is 4.79 Å². The van der Waals surface area contributed by atoms with Gasteiger partial charge in [-0.2, -0.15) is 0 Å². The zero-order chi connectivity index (χ0) is 22.6. The monoisotopic (exact) mass is 429 g/mol. The topological polar surface area (TPSA) is 35.6 Å². The highest BCUT2D eigenvalue weighted by molar-refractivity contribution is 6.01. The number of hydrogen-bond donors (Lipinski definition) is 1. The molecular weight excluding hydrogens is 394 g/mol. The van der Waals surface area contributed by atoms with Gasteiger partial charge < -0.3 is 15.1 Å². The number of fused-ring (bicyclic) bond motifs is 1. The quantitative estimate of drug-likeness (QED) is 0.501. The molecule has 4 rings (SSSR count). The van der Waals surface area contributed by atoms with Gasteiger partial charge in [0.1, 0.15) is 0 Å². The second-order valence-corrected chi connectivity index (χ2v) is 9.87. The summed E-state index contributed by atoms with van der Waals surface area (Å²) in [5, 5.41) is 5.38. The number of anilines is 1. The minimum atomic E-state index is -0.0413. The van der Waals surface area contributed by atoms with E-state index >= 15 is 0 Å². The van der Waals surface area contributed by atoms with Crippen molar-refractivity contribution in [2.45, 2.75) is 45.6 Å². The molecule has 0 aromatic heterocycles. The van der Waals surface area contributed by atoms with Crippen molar-refractivity contribution in [3.8, 4) is 0 Å². The van der Waals surface area contributed by atoms with Crippen LogP contribution >= 0.6 is 0 Å². The molecule has 0 bridgehead atoms. The molecule has 0 aliphatic carbocycles. The Morgan fingerprint density at radius 3 is 2.34 bits per heavy atom. The van der Waals surface area contributed by atoms with Crippen LogP contribution in [0.1, 0.15) is 44.7 Å². The molecule has 1 fully saturated rings. The maximum atomic E-state index is 13.4. The second-order valence-electron chi connectivity index (χ2n) is 9.87. The summed E-state index contributed by atoms with van der Waals surface area (Å²) in [6.45, 7) is 11.2. The van der Waals surface area contributed by atoms with Crippen LogP contribution in [0.4, 0.5) is 10.5 Å². The number of likely N-dealkylation sites (tertiary alicyclic amines) is 1. The van der Waals surface area contributed by atoms with Gasteiger partial charge in [-0.25, -0.2) is 4.79 Å². The molecule has 1 aliphatic rings. The van der Waals surface area contributed by atoms with Gasteiger partial charge in [0.15, 0.2) is 0 Å². The van der Waals surface area contributed by atoms with E-state index in [1.54, 1.807) is 0 Å². The van der Waals surface area contributed by atoms with Crippen LogP contribution in [0.2, 0.25) is 0 Å². The number of rotatable bonds is 6. The fourth-order valence-electron chi connectivity index (χ4n) is 4.38. The molecule has 1 aliphatic heterocycles. The smallest absolute Gasteiger partial charge is 0.319 e. The van der Waals surface area contributed by atoms with Crippen molar-refractivity contribution in [1.82, 2.24) is 9.80 Å². The number of hydrogen-bond acceptors (Lipinski definition) is 2. The first-order valence-electron chi connectivity index (χ1n) is 11.8. The standard InChI is InChI=1S/C28H35N3O/c1-28(2,3)24-15-13-22(14-16-24)21-31(20-19-30-17-6-7-18-30)27(32)29-26-12-8-10-23-9-4-5-11-25(23)26/h4-5,8-16H,6-7,17-21H2,1-3H3,(H,29,32). The molecule has 0 unspecified atom stereocenters. The van der Waals surface area contributed by atoms with Crippen molar-refractivity contribution in [3.63, 3.8) is 0 Å². The molecule has 0 spiro atoms. The first-order valence-corrected chi connectivity index (χ1v) is 11.8. The normalized spacial score (nSPS) is 14.6. The summed E-state index contributed by atoms with van der Waals surface area (Å²) in [6, 6.07) is 22.9. The third kappa shape index (κ3) is 5.49. The lowest BCUT2D eigenvalue weighted by molar-refractivity contribution is 0.198. The molecule has 4 heteroatoms. The lowest BCUT2D eigenvalue weighted by Gasteiger charge is -2.27. The number of carbonyl (C=O) groups is 1. The number of amides is 2. The van der Waals surface area contributed by atoms with Gasteiger partial charge in [0.05, 0.1) is 5.69 Å². The van der Waals surface area contributed by atoms with E-state index in [4.69, 9.17) is 0 Å². The number of nitrogens with zero attached hydrogens (tertiary/aromatic N) is 2. The fraction of sp³-hybridized carbons (Fsp3) is 0.393. The first-order chi connectivity index (χ1) is 15.4. The average Bonchev–Trinajstić information content (AvgIpc) is 3.30. The number of benzene rings is 3. The molecule has 0 saturated carbocycles. The summed E-state index contributed by atoms with van der Waals surface area (Å²) in [7, 11) is 0. The average molecular weight is 430 g/mol. The van der Waals surface area contributed by atoms with Gasteiger partial charge in [0.2, 0.25) is 0 Å². The van der Waals surface area contributed by atoms with Gasteiger partial charge in [-0.15, -0.1) is 0 Å². The van der Waals surface area contributed by atoms with E-state index in [0.717, 1.165) is 48.2 Å². The van der Waals surface area contributed by atoms with Crippen LogP contribution in [0.15, 0.2) is 66.7 Å². The highest BCUT2D eigenvalue weighted by Crippen LogP contribution is 2.25. The third-order valence-electron chi connectivity index (χ3n) is 6.40. The molecule has 4 nitrogen and oxygen atoms in total. The Bertz CT molecular complexity index is 1040. The Labute approximate surface area is 192 Å². The van der Waals surface area contributed by atoms with E-state index in [1.807, 2.05) is 29.2 Å². The Morgan fingerprint density at radius 1 is 0.938 bits per heavy atom. The first kappa shape index (κ1) is 22.3. The Hall–Kier alpha value is -2.85. The van der Waals surface area contributed by atoms with E-state index in [0.29, 0.717) is 6.54 Å². The van der Waals surface area contributed by atoms with Gasteiger partial charge in [-0.05, 0) is 53.9 Å². The van der Waals surface area contributed by atoms with Crippen molar-refractivity contribution in [1.29, 1.82) is 0 Å². The molecule has 32 heavy (non-hydrogen) atoms. The highest BCUT2D eigenvalue weighted by Gasteiger charge is 2.19. The summed E-state index contributed by atoms with van der Waals surface area (Å²) in [5.41, 5.74) is 3.46. The zero-order valence-electron chi connectivity index (χ0n) is 19.6. The lowest BCUT2D eigenvalue weighted by atomic mass is 9.87. The number of urea groups is 1. The predicted molar refractivity (Wildman–Crippen MR) is 134 cm³/mol. The largest absolute Gasteiger partial charge is 0.322 e. The molecule has 1 saturated heterocycles. The Kier molecular flexibility index (Phi) is 6.80. The van der Waals surface area contributed by atoms with Gasteiger partial charge >= 0.3 is 6.03 Å². The summed E-state index contributed by atoms with van der Waals surface area (Å²) in [5.74, 6) is 0. The second kappa shape index (κ2) is 9.74. The van der Waals surface area contributed by atoms with E-state index < -0.39 is 0 Å². The third-order valence-corrected chi connectivity index (χ3v) is 6.40. The minimum Gasteiger partial charge on any atom is -0.319 e. The summed E-state index contributed by atoms with van der Waals surface area (Å²) in [6.07, 6.45) is 2.52. The molecule has 3 aromatic rings. The number of carbonyl (C=O) groups excluding carboxylic acids is 1. The van der Waals surface area contributed by atoms with Crippen molar-refractivity contribution in [3.05, 3.63) is 77.9 Å². The van der Waals surface area contributed by atoms with Crippen molar-refractivity contribution >= 4 is 22.5 Å². The van der Waals surface area contributed by atoms with Crippen LogP contribution < -0.4 is 5.32 Å². The van der Waals surface area contributed by atoms with Crippen LogP contribution in [0.25, 0.3) is 10.8 Å². The van der Waals surface area contributed by atoms with Crippen LogP contribution in [-0.2, 0) is 12.0 Å². The van der Waals surface area contributed by atoms with Crippen LogP contribution in [-0.4, -0.2) is 42.0 Å². The van der Waals surface area contributed by atoms with Gasteiger partial charge in [-0.3, -0.25) is 0 Å². The van der Waals surface area contributed by atoms with E-state index in [1.165, 1.54) is 18.4 Å². The van der Waals surface area contributed by atoms with Crippen molar-refractivity contribution in [2.24, 2.45) is 0 Å². The van der Waals surface area contributed by atoms with Gasteiger partial charge in [0, 0.05) is 25.0 Å². The minimum absolute atomic E-state index is 0.0413. The molecule has 1 N–H and O–H groups in total. The molecule has 2 amide bonds. The SMILES string of the molecule is CC(C)(C)c1ccc(CN(CCN2CCCC2)C(=O)Nc2cccc3ccccc23)cc1. The molecule has 3 aromatic carbocycles. The Morgan fingerprint density at radius 2 is 1.62 bits per heavy atom.